The molecule has 2 N–H and O–H groups in total. The van der Waals surface area contributed by atoms with E-state index >= 15 is 0 Å². The number of hydrogen-bond acceptors (Lipinski definition) is 9. The first-order valence-electron chi connectivity index (χ1n) is 9.05. The molecule has 12 heteroatoms. The van der Waals surface area contributed by atoms with Gasteiger partial charge >= 0.3 is 13.5 Å². The highest BCUT2D eigenvalue weighted by Gasteiger charge is 2.65. The van der Waals surface area contributed by atoms with Gasteiger partial charge in [0.05, 0.1) is 13.2 Å². The van der Waals surface area contributed by atoms with E-state index in [1.54, 1.807) is 24.3 Å². The van der Waals surface area contributed by atoms with Crippen molar-refractivity contribution in [1.82, 2.24) is 9.55 Å². The number of Topliss-reactive ketones (excluding diaryl/α,β-unsaturated/α-hetero) is 1. The van der Waals surface area contributed by atoms with Gasteiger partial charge in [0.1, 0.15) is 12.2 Å². The third-order valence-corrected chi connectivity index (χ3v) is 6.39. The Hall–Kier alpha value is -2.40. The summed E-state index contributed by atoms with van der Waals surface area (Å²) < 4.78 is 35.5. The van der Waals surface area contributed by atoms with Gasteiger partial charge in [-0.2, -0.15) is 0 Å². The Morgan fingerprint density at radius 2 is 2.07 bits per heavy atom. The number of fused-ring (bicyclic) bond motifs is 1. The molecule has 2 aliphatic rings. The van der Waals surface area contributed by atoms with E-state index in [0.29, 0.717) is 5.56 Å². The highest BCUT2D eigenvalue weighted by molar-refractivity contribution is 7.48. The van der Waals surface area contributed by atoms with Crippen molar-refractivity contribution in [1.29, 1.82) is 0 Å². The molecule has 0 spiro atoms. The third kappa shape index (κ3) is 3.60. The van der Waals surface area contributed by atoms with Crippen molar-refractivity contribution < 1.29 is 32.8 Å². The van der Waals surface area contributed by atoms with Crippen LogP contribution in [0.5, 0.6) is 0 Å². The summed E-state index contributed by atoms with van der Waals surface area (Å²) >= 11 is 0. The van der Waals surface area contributed by atoms with E-state index in [-0.39, 0.29) is 13.2 Å². The Labute approximate surface area is 169 Å². The number of aromatic amines is 1. The number of hydrogen-bond donors (Lipinski definition) is 2. The first-order chi connectivity index (χ1) is 14.2. The summed E-state index contributed by atoms with van der Waals surface area (Å²) in [4.78, 5) is 38.0. The van der Waals surface area contributed by atoms with Crippen molar-refractivity contribution in [3.63, 3.8) is 0 Å². The first-order valence-corrected chi connectivity index (χ1v) is 10.5. The van der Waals surface area contributed by atoms with Crippen LogP contribution in [0.3, 0.4) is 0 Å². The van der Waals surface area contributed by atoms with Gasteiger partial charge in [0, 0.05) is 12.3 Å². The minimum absolute atomic E-state index is 0.0856. The zero-order chi connectivity index (χ0) is 21.5. The van der Waals surface area contributed by atoms with Crippen LogP contribution in [0.25, 0.3) is 0 Å². The van der Waals surface area contributed by atoms with Crippen LogP contribution >= 0.6 is 7.82 Å². The molecule has 0 aliphatic carbocycles. The number of phosphoric ester groups is 1. The second-order valence-corrected chi connectivity index (χ2v) is 8.58. The Morgan fingerprint density at radius 1 is 1.33 bits per heavy atom. The topological polar surface area (TPSA) is 146 Å². The first kappa shape index (κ1) is 20.9. The summed E-state index contributed by atoms with van der Waals surface area (Å²) in [5, 5.41) is 11.2. The van der Waals surface area contributed by atoms with Crippen LogP contribution in [0.15, 0.2) is 52.2 Å². The number of carbonyl (C=O) groups excluding carboxylic acids is 1. The largest absolute Gasteiger partial charge is 0.475 e. The van der Waals surface area contributed by atoms with Gasteiger partial charge in [-0.3, -0.25) is 32.7 Å². The number of benzene rings is 1. The predicted molar refractivity (Wildman–Crippen MR) is 101 cm³/mol. The Bertz CT molecular complexity index is 1110. The molecule has 3 heterocycles. The zero-order valence-corrected chi connectivity index (χ0v) is 16.7. The van der Waals surface area contributed by atoms with Crippen molar-refractivity contribution in [2.24, 2.45) is 0 Å². The number of rotatable bonds is 5. The SMILES string of the molecule is CC(=O)[C@@]1(O)[C@@H]2OP(=O)(OCc3ccccc3)OC[C@H]2O[C@H]1n1ccc(=O)[nH]c1=O. The number of nitrogens with zero attached hydrogens (tertiary/aromatic N) is 1. The van der Waals surface area contributed by atoms with E-state index in [2.05, 4.69) is 0 Å². The molecule has 1 aromatic carbocycles. The number of ketones is 1. The highest BCUT2D eigenvalue weighted by Crippen LogP contribution is 2.59. The highest BCUT2D eigenvalue weighted by atomic mass is 31.2. The van der Waals surface area contributed by atoms with Crippen LogP contribution < -0.4 is 11.2 Å². The standard InChI is InChI=1S/C18H19N2O9P/c1-11(21)18(24)15-13(28-16(18)20-8-7-14(22)19-17(20)23)10-27-30(25,29-15)26-9-12-5-3-2-4-6-12/h2-8,13,15-16,24H,9-10H2,1H3,(H,19,22,23)/t13-,15-,16-,18-,30?/m1/s1. The lowest BCUT2D eigenvalue weighted by molar-refractivity contribution is -0.156. The molecule has 2 aromatic rings. The van der Waals surface area contributed by atoms with Crippen LogP contribution in [-0.2, 0) is 34.3 Å². The molecule has 0 radical (unpaired) electrons. The van der Waals surface area contributed by atoms with E-state index in [4.69, 9.17) is 18.3 Å². The maximum Gasteiger partial charge on any atom is 0.475 e. The molecule has 0 amide bonds. The third-order valence-electron chi connectivity index (χ3n) is 4.99. The molecule has 2 aliphatic heterocycles. The monoisotopic (exact) mass is 438 g/mol. The number of carbonyl (C=O) groups is 1. The predicted octanol–water partition coefficient (Wildman–Crippen LogP) is 0.494. The van der Waals surface area contributed by atoms with Gasteiger partial charge in [-0.15, -0.1) is 0 Å². The lowest BCUT2D eigenvalue weighted by Crippen LogP contribution is -2.55. The Morgan fingerprint density at radius 3 is 2.73 bits per heavy atom. The fourth-order valence-corrected chi connectivity index (χ4v) is 4.84. The lowest BCUT2D eigenvalue weighted by Gasteiger charge is -2.35. The summed E-state index contributed by atoms with van der Waals surface area (Å²) in [6.07, 6.45) is -2.87. The Kier molecular flexibility index (Phi) is 5.35. The average molecular weight is 438 g/mol. The number of phosphoric acid groups is 1. The van der Waals surface area contributed by atoms with Crippen molar-refractivity contribution in [2.45, 2.75) is 37.6 Å². The number of nitrogens with one attached hydrogen (secondary N) is 1. The molecule has 0 saturated carbocycles. The van der Waals surface area contributed by atoms with E-state index in [0.717, 1.165) is 23.8 Å². The molecule has 160 valence electrons. The molecule has 11 nitrogen and oxygen atoms in total. The van der Waals surface area contributed by atoms with Crippen LogP contribution in [-0.4, -0.2) is 44.9 Å². The van der Waals surface area contributed by atoms with Gasteiger partial charge in [0.25, 0.3) is 5.56 Å². The molecular formula is C18H19N2O9P. The number of H-pyrrole nitrogens is 1. The van der Waals surface area contributed by atoms with Gasteiger partial charge in [0.2, 0.25) is 0 Å². The Balaban J connectivity index is 1.62. The number of ether oxygens (including phenoxy) is 1. The van der Waals surface area contributed by atoms with Crippen molar-refractivity contribution in [3.05, 3.63) is 69.0 Å². The van der Waals surface area contributed by atoms with Crippen LogP contribution in [0.4, 0.5) is 0 Å². The molecule has 0 bridgehead atoms. The normalized spacial score (nSPS) is 33.2. The summed E-state index contributed by atoms with van der Waals surface area (Å²) in [7, 11) is -4.14. The van der Waals surface area contributed by atoms with Crippen molar-refractivity contribution in [2.75, 3.05) is 6.61 Å². The molecule has 5 atom stereocenters. The smallest absolute Gasteiger partial charge is 0.375 e. The minimum atomic E-state index is -4.14. The minimum Gasteiger partial charge on any atom is -0.375 e. The van der Waals surface area contributed by atoms with Gasteiger partial charge in [-0.1, -0.05) is 30.3 Å². The molecule has 2 saturated heterocycles. The van der Waals surface area contributed by atoms with Crippen molar-refractivity contribution in [3.8, 4) is 0 Å². The maximum absolute atomic E-state index is 13.0. The molecule has 4 rings (SSSR count). The molecular weight excluding hydrogens is 419 g/mol. The summed E-state index contributed by atoms with van der Waals surface area (Å²) in [5.41, 5.74) is -3.21. The number of aliphatic hydroxyl groups is 1. The van der Waals surface area contributed by atoms with E-state index < -0.39 is 48.9 Å². The van der Waals surface area contributed by atoms with E-state index in [1.807, 2.05) is 11.1 Å². The summed E-state index contributed by atoms with van der Waals surface area (Å²) in [6, 6.07) is 9.91. The van der Waals surface area contributed by atoms with Crippen molar-refractivity contribution >= 4 is 13.6 Å². The van der Waals surface area contributed by atoms with Gasteiger partial charge in [0.15, 0.2) is 17.6 Å². The summed E-state index contributed by atoms with van der Waals surface area (Å²) in [6.45, 7) is 0.697. The molecule has 1 unspecified atom stereocenters. The van der Waals surface area contributed by atoms with Crippen LogP contribution in [0.2, 0.25) is 0 Å². The van der Waals surface area contributed by atoms with Gasteiger partial charge < -0.3 is 9.84 Å². The second-order valence-electron chi connectivity index (χ2n) is 6.95. The van der Waals surface area contributed by atoms with Gasteiger partial charge in [-0.05, 0) is 12.5 Å². The fraction of sp³-hybridized carbons (Fsp3) is 0.389. The van der Waals surface area contributed by atoms with E-state index in [9.17, 15) is 24.1 Å². The fourth-order valence-electron chi connectivity index (χ4n) is 3.43. The summed E-state index contributed by atoms with van der Waals surface area (Å²) in [5.74, 6) is -0.783. The molecule has 2 fully saturated rings. The molecule has 30 heavy (non-hydrogen) atoms. The lowest BCUT2D eigenvalue weighted by atomic mass is 9.90. The average Bonchev–Trinajstić information content (AvgIpc) is 3.00. The quantitative estimate of drug-likeness (QED) is 0.637. The number of aromatic nitrogens is 2. The second kappa shape index (κ2) is 7.69. The van der Waals surface area contributed by atoms with E-state index in [1.165, 1.54) is 0 Å². The van der Waals surface area contributed by atoms with Crippen LogP contribution in [0.1, 0.15) is 18.7 Å². The van der Waals surface area contributed by atoms with Crippen LogP contribution in [0, 0.1) is 0 Å². The molecule has 1 aromatic heterocycles. The maximum atomic E-state index is 13.0. The van der Waals surface area contributed by atoms with Gasteiger partial charge in [-0.25, -0.2) is 9.36 Å². The zero-order valence-electron chi connectivity index (χ0n) is 15.8.